The Labute approximate surface area is 170 Å². The van der Waals surface area contributed by atoms with Gasteiger partial charge in [-0.3, -0.25) is 9.36 Å². The van der Waals surface area contributed by atoms with Crippen LogP contribution >= 0.6 is 23.1 Å². The number of aromatic nitrogens is 4. The minimum atomic E-state index is 0.0246. The van der Waals surface area contributed by atoms with Crippen LogP contribution in [0.4, 0.5) is 0 Å². The Balaban J connectivity index is 1.49. The van der Waals surface area contributed by atoms with Gasteiger partial charge in [0, 0.05) is 34.1 Å². The van der Waals surface area contributed by atoms with Crippen molar-refractivity contribution < 1.29 is 9.21 Å². The summed E-state index contributed by atoms with van der Waals surface area (Å²) >= 11 is 2.80. The van der Waals surface area contributed by atoms with E-state index < -0.39 is 0 Å². The molecule has 6 nitrogen and oxygen atoms in total. The number of carbonyl (C=O) groups is 1. The molecule has 28 heavy (non-hydrogen) atoms. The second-order valence-electron chi connectivity index (χ2n) is 6.33. The molecule has 8 heteroatoms. The Bertz CT molecular complexity index is 1130. The van der Waals surface area contributed by atoms with E-state index in [9.17, 15) is 4.79 Å². The molecule has 0 spiro atoms. The van der Waals surface area contributed by atoms with Gasteiger partial charge < -0.3 is 4.42 Å². The molecule has 0 saturated heterocycles. The smallest absolute Gasteiger partial charge is 0.277 e. The van der Waals surface area contributed by atoms with Crippen LogP contribution in [-0.4, -0.2) is 31.3 Å². The maximum Gasteiger partial charge on any atom is 0.277 e. The van der Waals surface area contributed by atoms with Crippen molar-refractivity contribution in [2.45, 2.75) is 26.0 Å². The Morgan fingerprint density at radius 3 is 2.79 bits per heavy atom. The Kier molecular flexibility index (Phi) is 5.15. The molecule has 3 aromatic heterocycles. The number of carbonyl (C=O) groups excluding carboxylic acids is 1. The first kappa shape index (κ1) is 18.6. The minimum absolute atomic E-state index is 0.0246. The van der Waals surface area contributed by atoms with E-state index in [1.165, 1.54) is 11.8 Å². The number of thioether (sulfide) groups is 1. The van der Waals surface area contributed by atoms with E-state index in [0.717, 1.165) is 27.6 Å². The van der Waals surface area contributed by atoms with E-state index in [0.29, 0.717) is 16.7 Å². The van der Waals surface area contributed by atoms with Crippen LogP contribution in [0.15, 0.2) is 51.5 Å². The van der Waals surface area contributed by atoms with Gasteiger partial charge in [0.05, 0.1) is 5.75 Å². The normalized spacial score (nSPS) is 11.1. The molecule has 0 amide bonds. The summed E-state index contributed by atoms with van der Waals surface area (Å²) in [5.41, 5.74) is 4.54. The second kappa shape index (κ2) is 7.73. The van der Waals surface area contributed by atoms with Gasteiger partial charge in [0.15, 0.2) is 10.9 Å². The molecule has 0 saturated carbocycles. The zero-order valence-electron chi connectivity index (χ0n) is 15.7. The third kappa shape index (κ3) is 3.53. The molecule has 142 valence electrons. The highest BCUT2D eigenvalue weighted by Gasteiger charge is 2.19. The van der Waals surface area contributed by atoms with Gasteiger partial charge in [-0.2, -0.15) is 0 Å². The lowest BCUT2D eigenvalue weighted by Gasteiger charge is -2.05. The molecule has 0 radical (unpaired) electrons. The van der Waals surface area contributed by atoms with Crippen LogP contribution in [0.3, 0.4) is 0 Å². The second-order valence-corrected chi connectivity index (χ2v) is 8.13. The van der Waals surface area contributed by atoms with Crippen molar-refractivity contribution in [3.8, 4) is 16.6 Å². The van der Waals surface area contributed by atoms with Gasteiger partial charge in [0.1, 0.15) is 0 Å². The van der Waals surface area contributed by atoms with E-state index in [2.05, 4.69) is 15.2 Å². The molecule has 3 heterocycles. The van der Waals surface area contributed by atoms with Gasteiger partial charge in [-0.25, -0.2) is 4.98 Å². The lowest BCUT2D eigenvalue weighted by molar-refractivity contribution is 0.102. The maximum absolute atomic E-state index is 12.8. The third-order valence-corrected chi connectivity index (χ3v) is 6.03. The van der Waals surface area contributed by atoms with Gasteiger partial charge in [-0.05, 0) is 38.5 Å². The van der Waals surface area contributed by atoms with Crippen molar-refractivity contribution in [1.29, 1.82) is 0 Å². The Morgan fingerprint density at radius 1 is 1.21 bits per heavy atom. The number of rotatable bonds is 6. The van der Waals surface area contributed by atoms with E-state index in [-0.39, 0.29) is 11.5 Å². The largest absolute Gasteiger partial charge is 0.411 e. The van der Waals surface area contributed by atoms with Crippen LogP contribution in [0.1, 0.15) is 27.3 Å². The number of nitrogens with zero attached hydrogens (tertiary/aromatic N) is 4. The average molecular weight is 411 g/mol. The summed E-state index contributed by atoms with van der Waals surface area (Å²) in [5, 5.41) is 11.3. The number of thiazole rings is 1. The van der Waals surface area contributed by atoms with Crippen molar-refractivity contribution in [2.75, 3.05) is 5.75 Å². The summed E-state index contributed by atoms with van der Waals surface area (Å²) in [4.78, 5) is 17.1. The molecule has 0 aliphatic carbocycles. The molecule has 0 aliphatic heterocycles. The first-order valence-corrected chi connectivity index (χ1v) is 10.6. The van der Waals surface area contributed by atoms with Crippen molar-refractivity contribution in [3.63, 3.8) is 0 Å². The number of aryl methyl sites for hydroxylation is 2. The Hall–Kier alpha value is -2.71. The highest BCUT2D eigenvalue weighted by atomic mass is 32.2. The van der Waals surface area contributed by atoms with Gasteiger partial charge in [0.25, 0.3) is 5.22 Å². The molecule has 0 atom stereocenters. The molecule has 4 aromatic rings. The van der Waals surface area contributed by atoms with E-state index in [1.54, 1.807) is 17.5 Å². The van der Waals surface area contributed by atoms with Crippen LogP contribution in [0.25, 0.3) is 16.6 Å². The van der Waals surface area contributed by atoms with Crippen LogP contribution in [0.5, 0.6) is 0 Å². The fourth-order valence-corrected chi connectivity index (χ4v) is 4.46. The number of hydrogen-bond acceptors (Lipinski definition) is 7. The number of Topliss-reactive ketones (excluding diaryl/α,β-unsaturated/α-hetero) is 1. The van der Waals surface area contributed by atoms with Crippen molar-refractivity contribution in [3.05, 3.63) is 64.4 Å². The summed E-state index contributed by atoms with van der Waals surface area (Å²) in [6.45, 7) is 5.91. The highest BCUT2D eigenvalue weighted by molar-refractivity contribution is 7.99. The SMILES string of the molecule is Cc1ccccc1-c1nnc(SCC(=O)c2cc(C)n(-c3nccs3)c2C)o1. The predicted molar refractivity (Wildman–Crippen MR) is 110 cm³/mol. The summed E-state index contributed by atoms with van der Waals surface area (Å²) < 4.78 is 7.74. The first-order chi connectivity index (χ1) is 13.5. The molecule has 0 N–H and O–H groups in total. The lowest BCUT2D eigenvalue weighted by Crippen LogP contribution is -2.05. The van der Waals surface area contributed by atoms with Crippen molar-refractivity contribution >= 4 is 28.9 Å². The van der Waals surface area contributed by atoms with Crippen LogP contribution in [0, 0.1) is 20.8 Å². The maximum atomic E-state index is 12.8. The summed E-state index contributed by atoms with van der Waals surface area (Å²) in [5.74, 6) is 0.726. The van der Waals surface area contributed by atoms with E-state index >= 15 is 0 Å². The molecule has 4 rings (SSSR count). The quantitative estimate of drug-likeness (QED) is 0.333. The van der Waals surface area contributed by atoms with Crippen molar-refractivity contribution in [2.24, 2.45) is 0 Å². The minimum Gasteiger partial charge on any atom is -0.411 e. The van der Waals surface area contributed by atoms with Crippen LogP contribution in [-0.2, 0) is 0 Å². The molecular weight excluding hydrogens is 392 g/mol. The standard InChI is InChI=1S/C20H18N4O2S2/c1-12-6-4-5-7-15(12)18-22-23-20(26-18)28-11-17(25)16-10-13(2)24(14(16)3)19-21-8-9-27-19/h4-10H,11H2,1-3H3. The predicted octanol–water partition coefficient (Wildman–Crippen LogP) is 4.88. The third-order valence-electron chi connectivity index (χ3n) is 4.45. The van der Waals surface area contributed by atoms with Crippen LogP contribution < -0.4 is 0 Å². The van der Waals surface area contributed by atoms with Gasteiger partial charge in [-0.15, -0.1) is 21.5 Å². The van der Waals surface area contributed by atoms with E-state index in [4.69, 9.17) is 4.42 Å². The number of ketones is 1. The first-order valence-electron chi connectivity index (χ1n) is 8.69. The molecule has 0 aliphatic rings. The number of benzene rings is 1. The fourth-order valence-electron chi connectivity index (χ4n) is 3.06. The fraction of sp³-hybridized carbons (Fsp3) is 0.200. The summed E-state index contributed by atoms with van der Waals surface area (Å²) in [6, 6.07) is 9.74. The zero-order valence-corrected chi connectivity index (χ0v) is 17.3. The van der Waals surface area contributed by atoms with Gasteiger partial charge in [0.2, 0.25) is 5.89 Å². The molecule has 0 bridgehead atoms. The summed E-state index contributed by atoms with van der Waals surface area (Å²) in [7, 11) is 0. The molecule has 0 fully saturated rings. The monoisotopic (exact) mass is 410 g/mol. The highest BCUT2D eigenvalue weighted by Crippen LogP contribution is 2.27. The topological polar surface area (TPSA) is 73.8 Å². The van der Waals surface area contributed by atoms with E-state index in [1.807, 2.05) is 61.1 Å². The van der Waals surface area contributed by atoms with Crippen LogP contribution in [0.2, 0.25) is 0 Å². The summed E-state index contributed by atoms with van der Waals surface area (Å²) in [6.07, 6.45) is 1.76. The van der Waals surface area contributed by atoms with Gasteiger partial charge in [-0.1, -0.05) is 30.0 Å². The molecule has 1 aromatic carbocycles. The molecule has 0 unspecified atom stereocenters. The zero-order chi connectivity index (χ0) is 19.7. The Morgan fingerprint density at radius 2 is 2.04 bits per heavy atom. The average Bonchev–Trinajstić information content (AvgIpc) is 3.41. The number of hydrogen-bond donors (Lipinski definition) is 0. The van der Waals surface area contributed by atoms with Gasteiger partial charge >= 0.3 is 0 Å². The lowest BCUT2D eigenvalue weighted by atomic mass is 10.1. The molecular formula is C20H18N4O2S2. The van der Waals surface area contributed by atoms with Crippen molar-refractivity contribution in [1.82, 2.24) is 19.7 Å².